The van der Waals surface area contributed by atoms with Crippen LogP contribution in [0.25, 0.3) is 10.8 Å². The molecule has 7 nitrogen and oxygen atoms in total. The summed E-state index contributed by atoms with van der Waals surface area (Å²) >= 11 is 0. The fourth-order valence-electron chi connectivity index (χ4n) is 4.23. The largest absolute Gasteiger partial charge is 0.464 e. The molecule has 0 atom stereocenters. The fraction of sp³-hybridized carbons (Fsp3) is 0.333. The first-order chi connectivity index (χ1) is 15.2. The number of Topliss-reactive ketones (excluding diaryl/α,β-unsaturated/α-hetero) is 1. The van der Waals surface area contributed by atoms with Crippen LogP contribution in [0.5, 0.6) is 0 Å². The average molecular weight is 457 g/mol. The van der Waals surface area contributed by atoms with Gasteiger partial charge >= 0.3 is 5.97 Å². The maximum atomic E-state index is 13.5. The summed E-state index contributed by atoms with van der Waals surface area (Å²) in [6, 6.07) is 12.4. The predicted octanol–water partition coefficient (Wildman–Crippen LogP) is 3.96. The molecule has 1 aromatic heterocycles. The molecular weight excluding hydrogens is 428 g/mol. The number of hydrogen-bond acceptors (Lipinski definition) is 5. The van der Waals surface area contributed by atoms with Crippen molar-refractivity contribution >= 4 is 32.5 Å². The van der Waals surface area contributed by atoms with Crippen molar-refractivity contribution in [3.05, 3.63) is 65.0 Å². The Kier molecular flexibility index (Phi) is 6.85. The van der Waals surface area contributed by atoms with Crippen LogP contribution in [0, 0.1) is 13.8 Å². The summed E-state index contributed by atoms with van der Waals surface area (Å²) in [5.41, 5.74) is 1.79. The molecule has 0 bridgehead atoms. The highest BCUT2D eigenvalue weighted by molar-refractivity contribution is 7.89. The van der Waals surface area contributed by atoms with Crippen LogP contribution in [0.15, 0.2) is 47.4 Å². The normalized spacial score (nSPS) is 11.8. The third kappa shape index (κ3) is 3.96. The van der Waals surface area contributed by atoms with Gasteiger partial charge in [0.1, 0.15) is 5.69 Å². The van der Waals surface area contributed by atoms with Gasteiger partial charge in [-0.3, -0.25) is 4.79 Å². The number of fused-ring (bicyclic) bond motifs is 1. The maximum Gasteiger partial charge on any atom is 0.354 e. The van der Waals surface area contributed by atoms with E-state index in [1.54, 1.807) is 49.6 Å². The summed E-state index contributed by atoms with van der Waals surface area (Å²) in [5.74, 6) is -0.884. The number of aromatic nitrogens is 1. The molecule has 170 valence electrons. The topological polar surface area (TPSA) is 85.7 Å². The van der Waals surface area contributed by atoms with E-state index in [0.29, 0.717) is 34.4 Å². The second-order valence-corrected chi connectivity index (χ2v) is 9.41. The number of benzene rings is 2. The van der Waals surface area contributed by atoms with Crippen LogP contribution in [0.3, 0.4) is 0 Å². The Morgan fingerprint density at radius 1 is 1.03 bits per heavy atom. The van der Waals surface area contributed by atoms with Gasteiger partial charge in [-0.05, 0) is 37.8 Å². The summed E-state index contributed by atoms with van der Waals surface area (Å²) in [4.78, 5) is 25.8. The van der Waals surface area contributed by atoms with E-state index in [0.717, 1.165) is 5.39 Å². The van der Waals surface area contributed by atoms with Gasteiger partial charge < -0.3 is 9.30 Å². The Morgan fingerprint density at radius 3 is 2.31 bits per heavy atom. The molecule has 3 aromatic rings. The Bertz CT molecular complexity index is 1290. The first-order valence-electron chi connectivity index (χ1n) is 10.5. The molecule has 2 aromatic carbocycles. The predicted molar refractivity (Wildman–Crippen MR) is 124 cm³/mol. The first-order valence-corrected chi connectivity index (χ1v) is 11.9. The minimum atomic E-state index is -3.92. The summed E-state index contributed by atoms with van der Waals surface area (Å²) in [6.07, 6.45) is 0. The molecule has 0 spiro atoms. The highest BCUT2D eigenvalue weighted by atomic mass is 32.2. The smallest absolute Gasteiger partial charge is 0.354 e. The van der Waals surface area contributed by atoms with E-state index < -0.39 is 16.0 Å². The van der Waals surface area contributed by atoms with Crippen LogP contribution < -0.4 is 0 Å². The van der Waals surface area contributed by atoms with E-state index in [-0.39, 0.29) is 23.8 Å². The van der Waals surface area contributed by atoms with Crippen molar-refractivity contribution in [2.45, 2.75) is 39.1 Å². The molecule has 1 heterocycles. The Balaban J connectivity index is 2.03. The van der Waals surface area contributed by atoms with Gasteiger partial charge in [0.2, 0.25) is 10.0 Å². The molecule has 0 aliphatic carbocycles. The molecule has 0 fully saturated rings. The minimum Gasteiger partial charge on any atom is -0.464 e. The van der Waals surface area contributed by atoms with E-state index in [1.165, 1.54) is 11.4 Å². The molecule has 8 heteroatoms. The van der Waals surface area contributed by atoms with Gasteiger partial charge in [-0.25, -0.2) is 13.2 Å². The van der Waals surface area contributed by atoms with Gasteiger partial charge in [-0.1, -0.05) is 43.3 Å². The second-order valence-electron chi connectivity index (χ2n) is 7.50. The maximum absolute atomic E-state index is 13.5. The number of ether oxygens (including phenoxy) is 1. The van der Waals surface area contributed by atoms with Crippen LogP contribution >= 0.6 is 0 Å². The summed E-state index contributed by atoms with van der Waals surface area (Å²) in [5, 5.41) is 1.42. The molecule has 0 saturated heterocycles. The van der Waals surface area contributed by atoms with Crippen molar-refractivity contribution < 1.29 is 22.7 Å². The van der Waals surface area contributed by atoms with E-state index in [1.807, 2.05) is 25.1 Å². The monoisotopic (exact) mass is 456 g/mol. The highest BCUT2D eigenvalue weighted by Gasteiger charge is 2.31. The number of sulfonamides is 1. The van der Waals surface area contributed by atoms with Crippen molar-refractivity contribution in [3.63, 3.8) is 0 Å². The van der Waals surface area contributed by atoms with Crippen molar-refractivity contribution in [3.8, 4) is 0 Å². The Hall–Kier alpha value is -2.97. The molecule has 0 unspecified atom stereocenters. The molecule has 0 saturated carbocycles. The van der Waals surface area contributed by atoms with Crippen molar-refractivity contribution in [1.29, 1.82) is 0 Å². The lowest BCUT2D eigenvalue weighted by atomic mass is 10.1. The quantitative estimate of drug-likeness (QED) is 0.378. The lowest BCUT2D eigenvalue weighted by molar-refractivity contribution is 0.0587. The molecular formula is C24H28N2O5S. The second kappa shape index (κ2) is 9.26. The highest BCUT2D eigenvalue weighted by Crippen LogP contribution is 2.28. The molecule has 3 rings (SSSR count). The average Bonchev–Trinajstić information content (AvgIpc) is 3.05. The summed E-state index contributed by atoms with van der Waals surface area (Å²) < 4.78 is 34.8. The van der Waals surface area contributed by atoms with Crippen molar-refractivity contribution in [2.75, 3.05) is 20.2 Å². The van der Waals surface area contributed by atoms with E-state index >= 15 is 0 Å². The third-order valence-corrected chi connectivity index (χ3v) is 7.76. The number of likely N-dealkylation sites (N-methyl/N-ethyl adjacent to an activating group) is 1. The van der Waals surface area contributed by atoms with E-state index in [4.69, 9.17) is 4.74 Å². The lowest BCUT2D eigenvalue weighted by Gasteiger charge is -2.21. The summed E-state index contributed by atoms with van der Waals surface area (Å²) in [6.45, 7) is 7.31. The van der Waals surface area contributed by atoms with Crippen LogP contribution in [0.1, 0.15) is 46.0 Å². The van der Waals surface area contributed by atoms with Crippen molar-refractivity contribution in [1.82, 2.24) is 8.87 Å². The van der Waals surface area contributed by atoms with Gasteiger partial charge in [0.25, 0.3) is 0 Å². The zero-order valence-corrected chi connectivity index (χ0v) is 19.8. The molecule has 0 amide bonds. The number of ketones is 1. The summed E-state index contributed by atoms with van der Waals surface area (Å²) in [7, 11) is -2.63. The zero-order valence-electron chi connectivity index (χ0n) is 19.0. The SMILES string of the molecule is CCN(CC(=O)c1c(C)c(C(=O)OC)n(CC)c1C)S(=O)(=O)c1cccc2ccccc12. The van der Waals surface area contributed by atoms with Gasteiger partial charge in [-0.2, -0.15) is 4.31 Å². The lowest BCUT2D eigenvalue weighted by Crippen LogP contribution is -2.36. The number of carbonyl (C=O) groups is 2. The standard InChI is InChI=1S/C24H28N2O5S/c1-6-25(32(29,30)21-14-10-12-18-11-8-9-13-19(18)21)15-20(27)22-16(3)23(24(28)31-5)26(7-2)17(22)4/h8-14H,6-7,15H2,1-5H3. The van der Waals surface area contributed by atoms with Gasteiger partial charge in [0, 0.05) is 29.7 Å². The number of carbonyl (C=O) groups excluding carboxylic acids is 2. The van der Waals surface area contributed by atoms with E-state index in [9.17, 15) is 18.0 Å². The van der Waals surface area contributed by atoms with Crippen LogP contribution in [-0.4, -0.2) is 49.2 Å². The Labute approximate surface area is 188 Å². The third-order valence-electron chi connectivity index (χ3n) is 5.78. The van der Waals surface area contributed by atoms with Gasteiger partial charge in [0.15, 0.2) is 5.78 Å². The van der Waals surface area contributed by atoms with Crippen LogP contribution in [0.2, 0.25) is 0 Å². The van der Waals surface area contributed by atoms with E-state index in [2.05, 4.69) is 0 Å². The Morgan fingerprint density at radius 2 is 1.69 bits per heavy atom. The van der Waals surface area contributed by atoms with Gasteiger partial charge in [-0.15, -0.1) is 0 Å². The minimum absolute atomic E-state index is 0.133. The van der Waals surface area contributed by atoms with Gasteiger partial charge in [0.05, 0.1) is 18.6 Å². The molecule has 0 N–H and O–H groups in total. The van der Waals surface area contributed by atoms with Crippen LogP contribution in [0.4, 0.5) is 0 Å². The van der Waals surface area contributed by atoms with Crippen molar-refractivity contribution in [2.24, 2.45) is 0 Å². The fourth-order valence-corrected chi connectivity index (χ4v) is 5.85. The molecule has 0 radical (unpaired) electrons. The number of hydrogen-bond donors (Lipinski definition) is 0. The number of esters is 1. The number of rotatable bonds is 8. The number of methoxy groups -OCH3 is 1. The molecule has 0 aliphatic heterocycles. The van der Waals surface area contributed by atoms with Crippen LogP contribution in [-0.2, 0) is 21.3 Å². The first kappa shape index (κ1) is 23.7. The zero-order chi connectivity index (χ0) is 23.6. The number of nitrogens with zero attached hydrogens (tertiary/aromatic N) is 2. The molecule has 32 heavy (non-hydrogen) atoms. The molecule has 0 aliphatic rings.